The van der Waals surface area contributed by atoms with Gasteiger partial charge in [0.25, 0.3) is 0 Å². The van der Waals surface area contributed by atoms with Crippen LogP contribution < -0.4 is 4.90 Å². The second-order valence-electron chi connectivity index (χ2n) is 17.6. The van der Waals surface area contributed by atoms with E-state index in [2.05, 4.69) is 252 Å². The molecular weight excluding hydrogens is 861 g/mol. The quantitative estimate of drug-likeness (QED) is 0.155. The molecule has 0 amide bonds. The summed E-state index contributed by atoms with van der Waals surface area (Å²) >= 11 is 3.76. The van der Waals surface area contributed by atoms with E-state index in [4.69, 9.17) is 0 Å². The highest BCUT2D eigenvalue weighted by Gasteiger charge is 2.22. The Morgan fingerprint density at radius 3 is 1.53 bits per heavy atom. The summed E-state index contributed by atoms with van der Waals surface area (Å²) in [5, 5.41) is 10.2. The summed E-state index contributed by atoms with van der Waals surface area (Å²) in [6.07, 6.45) is 0. The minimum absolute atomic E-state index is 1.10. The first-order valence-electron chi connectivity index (χ1n) is 23.2. The molecule has 14 rings (SSSR count). The molecule has 0 saturated carbocycles. The van der Waals surface area contributed by atoms with Gasteiger partial charge in [-0.05, 0) is 111 Å². The number of anilines is 3. The van der Waals surface area contributed by atoms with Crippen LogP contribution in [0.25, 0.3) is 112 Å². The molecule has 0 unspecified atom stereocenters. The van der Waals surface area contributed by atoms with Crippen molar-refractivity contribution in [3.05, 3.63) is 243 Å². The average molecular weight is 901 g/mol. The minimum Gasteiger partial charge on any atom is -0.310 e. The molecule has 0 aliphatic heterocycles. The Balaban J connectivity index is 0.899. The fraction of sp³-hybridized carbons (Fsp3) is 0. The summed E-state index contributed by atoms with van der Waals surface area (Å²) < 4.78 is 7.59. The van der Waals surface area contributed by atoms with Crippen molar-refractivity contribution in [1.82, 2.24) is 4.57 Å². The lowest BCUT2D eigenvalue weighted by molar-refractivity contribution is 1.18. The van der Waals surface area contributed by atoms with Gasteiger partial charge in [0.2, 0.25) is 0 Å². The van der Waals surface area contributed by atoms with Gasteiger partial charge < -0.3 is 9.47 Å². The van der Waals surface area contributed by atoms with Crippen molar-refractivity contribution in [1.29, 1.82) is 0 Å². The molecule has 3 heterocycles. The molecule has 0 aliphatic rings. The van der Waals surface area contributed by atoms with Gasteiger partial charge in [0.1, 0.15) is 0 Å². The maximum atomic E-state index is 2.46. The number of thiophene rings is 2. The molecule has 11 aromatic carbocycles. The van der Waals surface area contributed by atoms with Crippen molar-refractivity contribution in [3.63, 3.8) is 0 Å². The van der Waals surface area contributed by atoms with Crippen molar-refractivity contribution >= 4 is 113 Å². The van der Waals surface area contributed by atoms with Crippen molar-refractivity contribution in [2.75, 3.05) is 4.90 Å². The first kappa shape index (κ1) is 38.9. The summed E-state index contributed by atoms with van der Waals surface area (Å²) in [7, 11) is 0. The molecule has 0 radical (unpaired) electrons. The van der Waals surface area contributed by atoms with Crippen LogP contribution in [0.15, 0.2) is 243 Å². The van der Waals surface area contributed by atoms with E-state index in [-0.39, 0.29) is 0 Å². The molecule has 0 saturated heterocycles. The van der Waals surface area contributed by atoms with Crippen LogP contribution in [0.5, 0.6) is 0 Å². The van der Waals surface area contributed by atoms with Gasteiger partial charge in [0, 0.05) is 73.7 Å². The van der Waals surface area contributed by atoms with Crippen LogP contribution in [-0.2, 0) is 0 Å². The smallest absolute Gasteiger partial charge is 0.0555 e. The fourth-order valence-corrected chi connectivity index (χ4v) is 13.0. The Kier molecular flexibility index (Phi) is 8.98. The number of aromatic nitrogens is 1. The van der Waals surface area contributed by atoms with Gasteiger partial charge in [-0.15, -0.1) is 22.7 Å². The normalized spacial score (nSPS) is 11.8. The lowest BCUT2D eigenvalue weighted by atomic mass is 9.95. The number of fused-ring (bicyclic) bond motifs is 10. The lowest BCUT2D eigenvalue weighted by Gasteiger charge is -2.27. The van der Waals surface area contributed by atoms with E-state index in [1.165, 1.54) is 106 Å². The largest absolute Gasteiger partial charge is 0.310 e. The SMILES string of the molecule is c1ccc2c(-c3ccc(N(c4ccc(-c5ccc(-n6c7ccccc7c7ccccc76)cc5)cc4)c4ccc(-c5ccc6c(c5)sc5ccccc56)cc4)c4c3sc3ccccc34)cccc2c1. The highest BCUT2D eigenvalue weighted by atomic mass is 32.1. The Labute approximate surface area is 401 Å². The van der Waals surface area contributed by atoms with Crippen LogP contribution in [0.3, 0.4) is 0 Å². The van der Waals surface area contributed by atoms with Gasteiger partial charge in [-0.2, -0.15) is 0 Å². The summed E-state index contributed by atoms with van der Waals surface area (Å²) in [6.45, 7) is 0. The van der Waals surface area contributed by atoms with Gasteiger partial charge in [-0.3, -0.25) is 0 Å². The van der Waals surface area contributed by atoms with Crippen LogP contribution in [-0.4, -0.2) is 4.57 Å². The molecule has 0 bridgehead atoms. The number of benzene rings is 11. The molecule has 14 aromatic rings. The van der Waals surface area contributed by atoms with Gasteiger partial charge in [0.05, 0.1) is 16.7 Å². The zero-order chi connectivity index (χ0) is 44.7. The van der Waals surface area contributed by atoms with Crippen LogP contribution in [0.4, 0.5) is 17.1 Å². The second kappa shape index (κ2) is 15.7. The third-order valence-corrected chi connectivity index (χ3v) is 16.2. The van der Waals surface area contributed by atoms with E-state index in [0.29, 0.717) is 0 Å². The summed E-state index contributed by atoms with van der Waals surface area (Å²) in [4.78, 5) is 2.46. The molecule has 0 spiro atoms. The van der Waals surface area contributed by atoms with E-state index < -0.39 is 0 Å². The Morgan fingerprint density at radius 2 is 0.838 bits per heavy atom. The molecule has 3 aromatic heterocycles. The molecule has 0 atom stereocenters. The van der Waals surface area contributed by atoms with Crippen LogP contribution in [0, 0.1) is 0 Å². The number of para-hydroxylation sites is 2. The second-order valence-corrected chi connectivity index (χ2v) is 19.8. The monoisotopic (exact) mass is 900 g/mol. The highest BCUT2D eigenvalue weighted by Crippen LogP contribution is 2.49. The molecule has 0 fully saturated rings. The zero-order valence-electron chi connectivity index (χ0n) is 36.8. The number of nitrogens with zero attached hydrogens (tertiary/aromatic N) is 2. The predicted octanol–water partition coefficient (Wildman–Crippen LogP) is 19.1. The van der Waals surface area contributed by atoms with Crippen LogP contribution >= 0.6 is 22.7 Å². The Morgan fingerprint density at radius 1 is 0.324 bits per heavy atom. The Bertz CT molecular complexity index is 4190. The Hall–Kier alpha value is -8.28. The van der Waals surface area contributed by atoms with Gasteiger partial charge in [-0.1, -0.05) is 170 Å². The molecule has 68 heavy (non-hydrogen) atoms. The summed E-state index contributed by atoms with van der Waals surface area (Å²) in [5.41, 5.74) is 14.2. The number of hydrogen-bond acceptors (Lipinski definition) is 3. The van der Waals surface area contributed by atoms with Crippen LogP contribution in [0.2, 0.25) is 0 Å². The minimum atomic E-state index is 1.10. The molecule has 318 valence electrons. The average Bonchev–Trinajstić information content (AvgIpc) is 4.09. The topological polar surface area (TPSA) is 8.17 Å². The third-order valence-electron chi connectivity index (χ3n) is 13.8. The van der Waals surface area contributed by atoms with Crippen molar-refractivity contribution in [3.8, 4) is 39.1 Å². The highest BCUT2D eigenvalue weighted by molar-refractivity contribution is 7.26. The first-order chi connectivity index (χ1) is 33.7. The third kappa shape index (κ3) is 6.22. The molecule has 0 N–H and O–H groups in total. The fourth-order valence-electron chi connectivity index (χ4n) is 10.6. The van der Waals surface area contributed by atoms with Crippen molar-refractivity contribution < 1.29 is 0 Å². The molecule has 0 aliphatic carbocycles. The first-order valence-corrected chi connectivity index (χ1v) is 24.8. The maximum Gasteiger partial charge on any atom is 0.0555 e. The molecule has 4 heteroatoms. The van der Waals surface area contributed by atoms with Crippen molar-refractivity contribution in [2.45, 2.75) is 0 Å². The van der Waals surface area contributed by atoms with E-state index >= 15 is 0 Å². The van der Waals surface area contributed by atoms with E-state index in [1.54, 1.807) is 0 Å². The van der Waals surface area contributed by atoms with E-state index in [1.807, 2.05) is 22.7 Å². The van der Waals surface area contributed by atoms with E-state index in [0.717, 1.165) is 22.7 Å². The van der Waals surface area contributed by atoms with Gasteiger partial charge in [-0.25, -0.2) is 0 Å². The van der Waals surface area contributed by atoms with Crippen LogP contribution in [0.1, 0.15) is 0 Å². The number of hydrogen-bond donors (Lipinski definition) is 0. The zero-order valence-corrected chi connectivity index (χ0v) is 38.4. The number of rotatable bonds is 7. The maximum absolute atomic E-state index is 2.46. The predicted molar refractivity (Wildman–Crippen MR) is 295 cm³/mol. The molecule has 2 nitrogen and oxygen atoms in total. The van der Waals surface area contributed by atoms with Gasteiger partial charge >= 0.3 is 0 Å². The van der Waals surface area contributed by atoms with Gasteiger partial charge in [0.15, 0.2) is 0 Å². The van der Waals surface area contributed by atoms with Crippen molar-refractivity contribution in [2.24, 2.45) is 0 Å². The lowest BCUT2D eigenvalue weighted by Crippen LogP contribution is -2.10. The summed E-state index contributed by atoms with van der Waals surface area (Å²) in [5.74, 6) is 0. The standard InChI is InChI=1S/C64H40N2S2/c1-2-14-49-44(12-1)13-11-19-50(49)55-38-39-59(63-56-18-6-10-23-61(56)68-64(55)63)65(47-33-28-43(29-34-47)45-30-37-54-53-17-5-9-22-60(53)67-62(54)40-45)46-31-24-41(25-32-46)42-26-35-48(36-27-42)66-57-20-7-3-15-51(57)52-16-4-8-21-58(52)66/h1-40H. The van der Waals surface area contributed by atoms with E-state index in [9.17, 15) is 0 Å². The molecular formula is C64H40N2S2. The summed E-state index contributed by atoms with van der Waals surface area (Å²) in [6, 6.07) is 89.4.